The van der Waals surface area contributed by atoms with E-state index in [0.29, 0.717) is 17.9 Å². The fourth-order valence-electron chi connectivity index (χ4n) is 4.69. The van der Waals surface area contributed by atoms with Gasteiger partial charge < -0.3 is 8.92 Å². The third kappa shape index (κ3) is 17.0. The van der Waals surface area contributed by atoms with Gasteiger partial charge in [0.1, 0.15) is 11.5 Å². The molecule has 0 bridgehead atoms. The van der Waals surface area contributed by atoms with Crippen LogP contribution >= 0.6 is 22.6 Å². The van der Waals surface area contributed by atoms with E-state index in [1.54, 1.807) is 18.2 Å². The number of hydrogen-bond acceptors (Lipinski definition) is 4. The first-order valence-corrected chi connectivity index (χ1v) is 19.0. The van der Waals surface area contributed by atoms with E-state index >= 15 is 0 Å². The van der Waals surface area contributed by atoms with Gasteiger partial charge >= 0.3 is 15.6 Å². The van der Waals surface area contributed by atoms with E-state index in [4.69, 9.17) is 4.74 Å². The van der Waals surface area contributed by atoms with Crippen molar-refractivity contribution >= 4 is 32.7 Å². The first-order chi connectivity index (χ1) is 20.2. The standard InChI is InChI=1S/C32H47F3O4S.CH3I/c1-2-3-4-5-6-7-8-9-10-11-12-13-14-15-16-20-25-38-30-23-24-31(39-40(36,37)32(33,34)35)29(27-30)26-28-21-18-17-19-22-28;1-2/h17-19,21-24,27H,2-16,20,25-26H2,1H3;1H3. The van der Waals surface area contributed by atoms with Gasteiger partial charge in [0.05, 0.1) is 6.61 Å². The van der Waals surface area contributed by atoms with Crippen LogP contribution in [0.5, 0.6) is 11.5 Å². The van der Waals surface area contributed by atoms with Crippen LogP contribution < -0.4 is 8.92 Å². The lowest BCUT2D eigenvalue weighted by Crippen LogP contribution is -2.28. The van der Waals surface area contributed by atoms with Gasteiger partial charge in [0, 0.05) is 12.0 Å². The fourth-order valence-corrected chi connectivity index (χ4v) is 5.18. The van der Waals surface area contributed by atoms with Gasteiger partial charge in [0.15, 0.2) is 0 Å². The van der Waals surface area contributed by atoms with Crippen molar-refractivity contribution in [2.24, 2.45) is 0 Å². The molecule has 2 aromatic carbocycles. The number of halogens is 4. The van der Waals surface area contributed by atoms with Crippen LogP contribution in [-0.4, -0.2) is 25.5 Å². The van der Waals surface area contributed by atoms with Crippen LogP contribution in [0.4, 0.5) is 13.2 Å². The maximum atomic E-state index is 12.9. The molecule has 4 nitrogen and oxygen atoms in total. The lowest BCUT2D eigenvalue weighted by Gasteiger charge is -2.15. The van der Waals surface area contributed by atoms with Gasteiger partial charge in [-0.3, -0.25) is 0 Å². The molecule has 0 amide bonds. The Kier molecular flexibility index (Phi) is 21.1. The van der Waals surface area contributed by atoms with Crippen LogP contribution in [0.25, 0.3) is 0 Å². The first-order valence-electron chi connectivity index (χ1n) is 15.4. The van der Waals surface area contributed by atoms with Gasteiger partial charge in [-0.1, -0.05) is 156 Å². The van der Waals surface area contributed by atoms with Gasteiger partial charge in [-0.05, 0) is 35.1 Å². The first kappa shape index (κ1) is 38.5. The Labute approximate surface area is 266 Å². The highest BCUT2D eigenvalue weighted by Crippen LogP contribution is 2.32. The van der Waals surface area contributed by atoms with Crippen LogP contribution in [0.15, 0.2) is 48.5 Å². The summed E-state index contributed by atoms with van der Waals surface area (Å²) in [5, 5.41) is 0. The second kappa shape index (κ2) is 23.0. The molecule has 9 heteroatoms. The minimum Gasteiger partial charge on any atom is -0.494 e. The zero-order valence-corrected chi connectivity index (χ0v) is 28.4. The lowest BCUT2D eigenvalue weighted by atomic mass is 10.0. The lowest BCUT2D eigenvalue weighted by molar-refractivity contribution is -0.0500. The van der Waals surface area contributed by atoms with E-state index in [9.17, 15) is 21.6 Å². The normalized spacial score (nSPS) is 11.6. The molecule has 0 saturated carbocycles. The van der Waals surface area contributed by atoms with Crippen molar-refractivity contribution in [3.8, 4) is 11.5 Å². The summed E-state index contributed by atoms with van der Waals surface area (Å²) in [6, 6.07) is 13.3. The number of alkyl halides is 4. The van der Waals surface area contributed by atoms with Crippen molar-refractivity contribution in [1.29, 1.82) is 0 Å². The molecular weight excluding hydrogens is 676 g/mol. The Morgan fingerprint density at radius 1 is 0.690 bits per heavy atom. The minimum atomic E-state index is -5.76. The summed E-state index contributed by atoms with van der Waals surface area (Å²) in [7, 11) is -5.76. The molecule has 0 heterocycles. The Morgan fingerprint density at radius 3 is 1.64 bits per heavy atom. The second-order valence-electron chi connectivity index (χ2n) is 10.6. The number of rotatable bonds is 22. The summed E-state index contributed by atoms with van der Waals surface area (Å²) in [6.45, 7) is 2.75. The van der Waals surface area contributed by atoms with E-state index in [1.807, 2.05) is 23.1 Å². The van der Waals surface area contributed by atoms with E-state index in [0.717, 1.165) is 24.8 Å². The average Bonchev–Trinajstić information content (AvgIpc) is 2.97. The maximum absolute atomic E-state index is 12.9. The molecule has 2 aromatic rings. The Hall–Kier alpha value is -1.49. The van der Waals surface area contributed by atoms with Crippen molar-refractivity contribution in [3.63, 3.8) is 0 Å². The van der Waals surface area contributed by atoms with Gasteiger partial charge in [-0.25, -0.2) is 0 Å². The number of hydrogen-bond donors (Lipinski definition) is 0. The molecule has 0 aliphatic carbocycles. The molecule has 240 valence electrons. The molecule has 0 aliphatic rings. The van der Waals surface area contributed by atoms with Crippen LogP contribution in [0.2, 0.25) is 0 Å². The van der Waals surface area contributed by atoms with Crippen molar-refractivity contribution < 1.29 is 30.5 Å². The number of benzene rings is 2. The van der Waals surface area contributed by atoms with Crippen molar-refractivity contribution in [2.75, 3.05) is 11.5 Å². The van der Waals surface area contributed by atoms with Crippen LogP contribution in [0.3, 0.4) is 0 Å². The largest absolute Gasteiger partial charge is 0.534 e. The second-order valence-corrected chi connectivity index (χ2v) is 12.1. The fraction of sp³-hybridized carbons (Fsp3) is 0.636. The van der Waals surface area contributed by atoms with Gasteiger partial charge in [-0.15, -0.1) is 0 Å². The minimum absolute atomic E-state index is 0.208. The van der Waals surface area contributed by atoms with E-state index < -0.39 is 15.6 Å². The summed E-state index contributed by atoms with van der Waals surface area (Å²) < 4.78 is 72.1. The molecule has 42 heavy (non-hydrogen) atoms. The van der Waals surface area contributed by atoms with E-state index in [1.165, 1.54) is 95.6 Å². The quantitative estimate of drug-likeness (QED) is 0.0399. The topological polar surface area (TPSA) is 52.6 Å². The Bertz CT molecular complexity index is 1050. The highest BCUT2D eigenvalue weighted by molar-refractivity contribution is 14.1. The molecule has 0 atom stereocenters. The summed E-state index contributed by atoms with van der Waals surface area (Å²) in [5.74, 6) is 0.125. The molecule has 0 radical (unpaired) electrons. The third-order valence-electron chi connectivity index (χ3n) is 7.02. The van der Waals surface area contributed by atoms with Gasteiger partial charge in [-0.2, -0.15) is 21.6 Å². The molecule has 0 fully saturated rings. The van der Waals surface area contributed by atoms with Crippen LogP contribution in [0.1, 0.15) is 121 Å². The van der Waals surface area contributed by atoms with Crippen molar-refractivity contribution in [2.45, 2.75) is 122 Å². The molecule has 2 rings (SSSR count). The van der Waals surface area contributed by atoms with Crippen molar-refractivity contribution in [1.82, 2.24) is 0 Å². The zero-order valence-electron chi connectivity index (χ0n) is 25.4. The average molecular weight is 727 g/mol. The molecule has 0 N–H and O–H groups in total. The molecule has 0 aliphatic heterocycles. The summed E-state index contributed by atoms with van der Waals surface area (Å²) in [6.07, 6.45) is 20.8. The van der Waals surface area contributed by atoms with E-state index in [-0.39, 0.29) is 12.2 Å². The maximum Gasteiger partial charge on any atom is 0.534 e. The molecular formula is C33H50F3IO4S. The highest BCUT2D eigenvalue weighted by atomic mass is 127. The molecule has 0 aromatic heterocycles. The Morgan fingerprint density at radius 2 is 1.17 bits per heavy atom. The van der Waals surface area contributed by atoms with E-state index in [2.05, 4.69) is 33.7 Å². The van der Waals surface area contributed by atoms with Gasteiger partial charge in [0.2, 0.25) is 0 Å². The number of ether oxygens (including phenoxy) is 1. The van der Waals surface area contributed by atoms with Crippen molar-refractivity contribution in [3.05, 3.63) is 59.7 Å². The van der Waals surface area contributed by atoms with Gasteiger partial charge in [0.25, 0.3) is 0 Å². The summed E-state index contributed by atoms with van der Waals surface area (Å²) in [5.41, 5.74) is -4.38. The predicted molar refractivity (Wildman–Crippen MR) is 176 cm³/mol. The summed E-state index contributed by atoms with van der Waals surface area (Å²) in [4.78, 5) is 1.97. The van der Waals surface area contributed by atoms with Crippen LogP contribution in [0, 0.1) is 0 Å². The zero-order chi connectivity index (χ0) is 31.1. The molecule has 0 saturated heterocycles. The highest BCUT2D eigenvalue weighted by Gasteiger charge is 2.48. The molecule has 0 spiro atoms. The summed E-state index contributed by atoms with van der Waals surface area (Å²) >= 11 is 2.15. The molecule has 0 unspecified atom stereocenters. The SMILES string of the molecule is CCCCCCCCCCCCCCCCCCOc1ccc(OS(=O)(=O)C(F)(F)F)c(Cc2ccccc2)c1.CI. The monoisotopic (exact) mass is 726 g/mol. The third-order valence-corrected chi connectivity index (χ3v) is 7.98. The predicted octanol–water partition coefficient (Wildman–Crippen LogP) is 11.2. The van der Waals surface area contributed by atoms with Crippen LogP contribution in [-0.2, 0) is 16.5 Å². The number of unbranched alkanes of at least 4 members (excludes halogenated alkanes) is 15. The Balaban J connectivity index is 0.00000431. The smallest absolute Gasteiger partial charge is 0.494 e.